The molecule has 1 aromatic heterocycles. The highest BCUT2D eigenvalue weighted by molar-refractivity contribution is 5.73. The second kappa shape index (κ2) is 9.89. The number of hydrogen-bond donors (Lipinski definition) is 1. The van der Waals surface area contributed by atoms with E-state index in [1.807, 2.05) is 29.2 Å². The lowest BCUT2D eigenvalue weighted by molar-refractivity contribution is -0.145. The van der Waals surface area contributed by atoms with Crippen LogP contribution in [0.1, 0.15) is 41.8 Å². The molecule has 1 aliphatic rings. The Kier molecular flexibility index (Phi) is 6.92. The van der Waals surface area contributed by atoms with E-state index in [1.165, 1.54) is 12.1 Å². The molecule has 2 heterocycles. The number of carbonyl (C=O) groups is 1. The van der Waals surface area contributed by atoms with Crippen LogP contribution in [0.2, 0.25) is 0 Å². The first-order valence-electron chi connectivity index (χ1n) is 11.0. The highest BCUT2D eigenvalue weighted by Gasteiger charge is 2.30. The Morgan fingerprint density at radius 2 is 1.85 bits per heavy atom. The predicted octanol–water partition coefficient (Wildman–Crippen LogP) is 5.69. The number of carboxylic acid groups (broad SMARTS) is 1. The summed E-state index contributed by atoms with van der Waals surface area (Å²) in [5.74, 6) is 0.597. The molecule has 6 nitrogen and oxygen atoms in total. The molecule has 180 valence electrons. The third kappa shape index (κ3) is 5.59. The summed E-state index contributed by atoms with van der Waals surface area (Å²) >= 11 is 0. The van der Waals surface area contributed by atoms with Gasteiger partial charge in [-0.1, -0.05) is 18.6 Å². The van der Waals surface area contributed by atoms with Crippen LogP contribution in [0.3, 0.4) is 0 Å². The molecule has 0 amide bonds. The number of hydrogen-bond acceptors (Lipinski definition) is 5. The van der Waals surface area contributed by atoms with Gasteiger partial charge in [-0.15, -0.1) is 0 Å². The van der Waals surface area contributed by atoms with E-state index in [4.69, 9.17) is 9.15 Å². The molecule has 2 aromatic carbocycles. The number of likely N-dealkylation sites (tertiary alicyclic amines) is 1. The lowest BCUT2D eigenvalue weighted by Gasteiger charge is -2.32. The minimum absolute atomic E-state index is 0.141. The van der Waals surface area contributed by atoms with Crippen LogP contribution in [0.5, 0.6) is 5.75 Å². The zero-order valence-corrected chi connectivity index (χ0v) is 18.6. The molecule has 0 spiro atoms. The molecular weight excluding hydrogens is 449 g/mol. The third-order valence-electron chi connectivity index (χ3n) is 5.94. The number of aliphatic carboxylic acids is 1. The van der Waals surface area contributed by atoms with Crippen LogP contribution in [-0.2, 0) is 24.1 Å². The molecule has 1 saturated heterocycles. The number of benzene rings is 2. The fourth-order valence-corrected chi connectivity index (χ4v) is 4.02. The summed E-state index contributed by atoms with van der Waals surface area (Å²) in [4.78, 5) is 17.8. The summed E-state index contributed by atoms with van der Waals surface area (Å²) in [6.45, 7) is 3.19. The van der Waals surface area contributed by atoms with Gasteiger partial charge in [-0.3, -0.25) is 9.69 Å². The second-order valence-corrected chi connectivity index (χ2v) is 8.35. The normalized spacial score (nSPS) is 17.0. The van der Waals surface area contributed by atoms with Crippen molar-refractivity contribution in [2.45, 2.75) is 51.6 Å². The van der Waals surface area contributed by atoms with Gasteiger partial charge in [0.15, 0.2) is 0 Å². The molecule has 1 unspecified atom stereocenters. The van der Waals surface area contributed by atoms with Crippen molar-refractivity contribution < 1.29 is 32.2 Å². The van der Waals surface area contributed by atoms with E-state index in [0.717, 1.165) is 37.1 Å². The summed E-state index contributed by atoms with van der Waals surface area (Å²) in [5.41, 5.74) is 1.27. The summed E-state index contributed by atoms with van der Waals surface area (Å²) in [7, 11) is 0. The topological polar surface area (TPSA) is 75.8 Å². The van der Waals surface area contributed by atoms with Crippen LogP contribution in [0.25, 0.3) is 11.5 Å². The molecule has 0 radical (unpaired) electrons. The monoisotopic (exact) mass is 474 g/mol. The van der Waals surface area contributed by atoms with Crippen molar-refractivity contribution >= 4 is 5.97 Å². The van der Waals surface area contributed by atoms with Crippen LogP contribution in [0.4, 0.5) is 13.2 Å². The average Bonchev–Trinajstić information content (AvgIpc) is 3.19. The van der Waals surface area contributed by atoms with Gasteiger partial charge in [-0.05, 0) is 68.3 Å². The van der Waals surface area contributed by atoms with E-state index in [9.17, 15) is 23.1 Å². The fraction of sp³-hybridized carbons (Fsp3) is 0.360. The van der Waals surface area contributed by atoms with Crippen LogP contribution in [-0.4, -0.2) is 33.5 Å². The zero-order valence-electron chi connectivity index (χ0n) is 18.6. The van der Waals surface area contributed by atoms with Crippen LogP contribution in [0.15, 0.2) is 52.9 Å². The highest BCUT2D eigenvalue weighted by atomic mass is 19.4. The van der Waals surface area contributed by atoms with Gasteiger partial charge in [-0.2, -0.15) is 13.2 Å². The number of carboxylic acids is 1. The number of aromatic nitrogens is 1. The minimum Gasteiger partial charge on any atom is -0.487 e. The van der Waals surface area contributed by atoms with Crippen molar-refractivity contribution in [3.8, 4) is 17.2 Å². The van der Waals surface area contributed by atoms with Gasteiger partial charge >= 0.3 is 12.1 Å². The molecule has 0 aliphatic carbocycles. The molecule has 1 N–H and O–H groups in total. The van der Waals surface area contributed by atoms with Crippen molar-refractivity contribution in [2.24, 2.45) is 0 Å². The Labute approximate surface area is 195 Å². The second-order valence-electron chi connectivity index (χ2n) is 8.35. The average molecular weight is 474 g/mol. The molecule has 9 heteroatoms. The number of ether oxygens (including phenoxy) is 1. The largest absolute Gasteiger partial charge is 0.487 e. The molecule has 0 bridgehead atoms. The first-order valence-corrected chi connectivity index (χ1v) is 11.0. The highest BCUT2D eigenvalue weighted by Crippen LogP contribution is 2.31. The maximum atomic E-state index is 12.8. The molecule has 4 rings (SSSR count). The molecule has 1 atom stereocenters. The Balaban J connectivity index is 1.36. The van der Waals surface area contributed by atoms with Gasteiger partial charge in [0, 0.05) is 12.1 Å². The number of oxazole rings is 1. The van der Waals surface area contributed by atoms with E-state index in [1.54, 1.807) is 6.92 Å². The van der Waals surface area contributed by atoms with E-state index >= 15 is 0 Å². The number of aryl methyl sites for hydroxylation is 1. The van der Waals surface area contributed by atoms with Crippen molar-refractivity contribution in [1.29, 1.82) is 0 Å². The molecule has 1 fully saturated rings. The predicted molar refractivity (Wildman–Crippen MR) is 118 cm³/mol. The van der Waals surface area contributed by atoms with Crippen LogP contribution >= 0.6 is 0 Å². The van der Waals surface area contributed by atoms with E-state index in [2.05, 4.69) is 4.98 Å². The number of halogens is 3. The van der Waals surface area contributed by atoms with Gasteiger partial charge in [-0.25, -0.2) is 4.98 Å². The molecule has 3 aromatic rings. The Morgan fingerprint density at radius 1 is 1.15 bits per heavy atom. The van der Waals surface area contributed by atoms with Crippen molar-refractivity contribution in [2.75, 3.05) is 6.54 Å². The first-order chi connectivity index (χ1) is 16.2. The maximum absolute atomic E-state index is 12.8. The number of rotatable bonds is 7. The summed E-state index contributed by atoms with van der Waals surface area (Å²) in [6.07, 6.45) is -1.80. The van der Waals surface area contributed by atoms with E-state index < -0.39 is 23.8 Å². The SMILES string of the molecule is Cc1oc(-c2ccc(C(F)(F)F)cc2)nc1COc1ccc(CN2CCCCC2C(=O)O)cc1. The summed E-state index contributed by atoms with van der Waals surface area (Å²) in [6, 6.07) is 11.7. The number of nitrogens with zero attached hydrogens (tertiary/aromatic N) is 2. The van der Waals surface area contributed by atoms with Crippen molar-refractivity contribution in [3.05, 3.63) is 71.1 Å². The lowest BCUT2D eigenvalue weighted by Crippen LogP contribution is -2.43. The summed E-state index contributed by atoms with van der Waals surface area (Å²) < 4.78 is 49.7. The smallest absolute Gasteiger partial charge is 0.416 e. The molecule has 1 aliphatic heterocycles. The Bertz CT molecular complexity index is 1120. The Morgan fingerprint density at radius 3 is 2.50 bits per heavy atom. The molecule has 0 saturated carbocycles. The quantitative estimate of drug-likeness (QED) is 0.474. The van der Waals surface area contributed by atoms with Gasteiger partial charge in [0.1, 0.15) is 29.9 Å². The summed E-state index contributed by atoms with van der Waals surface area (Å²) in [5, 5.41) is 9.43. The van der Waals surface area contributed by atoms with Gasteiger partial charge in [0.05, 0.1) is 5.56 Å². The van der Waals surface area contributed by atoms with Crippen molar-refractivity contribution in [1.82, 2.24) is 9.88 Å². The fourth-order valence-electron chi connectivity index (χ4n) is 4.02. The van der Waals surface area contributed by atoms with Gasteiger partial charge in [0.25, 0.3) is 0 Å². The lowest BCUT2D eigenvalue weighted by atomic mass is 10.0. The molecular formula is C25H25F3N2O4. The zero-order chi connectivity index (χ0) is 24.3. The standard InChI is InChI=1S/C25H25F3N2O4/c1-16-21(29-23(34-16)18-7-9-19(10-8-18)25(26,27)28)15-33-20-11-5-17(6-12-20)14-30-13-3-2-4-22(30)24(31)32/h5-12,22H,2-4,13-15H2,1H3,(H,31,32). The first kappa shape index (κ1) is 23.8. The van der Waals surface area contributed by atoms with Crippen molar-refractivity contribution in [3.63, 3.8) is 0 Å². The van der Waals surface area contributed by atoms with E-state index in [0.29, 0.717) is 35.7 Å². The molecule has 34 heavy (non-hydrogen) atoms. The Hall–Kier alpha value is -3.33. The number of alkyl halides is 3. The number of piperidine rings is 1. The maximum Gasteiger partial charge on any atom is 0.416 e. The van der Waals surface area contributed by atoms with Crippen LogP contribution < -0.4 is 4.74 Å². The van der Waals surface area contributed by atoms with Crippen LogP contribution in [0, 0.1) is 6.92 Å². The third-order valence-corrected chi connectivity index (χ3v) is 5.94. The van der Waals surface area contributed by atoms with Gasteiger partial charge < -0.3 is 14.3 Å². The van der Waals surface area contributed by atoms with E-state index in [-0.39, 0.29) is 12.5 Å². The minimum atomic E-state index is -4.40. The van der Waals surface area contributed by atoms with Gasteiger partial charge in [0.2, 0.25) is 5.89 Å².